The maximum absolute atomic E-state index is 12.5. The van der Waals surface area contributed by atoms with Crippen molar-refractivity contribution in [1.29, 1.82) is 0 Å². The number of fused-ring (bicyclic) bond motifs is 1. The second-order valence-electron chi connectivity index (χ2n) is 6.91. The first-order valence-corrected chi connectivity index (χ1v) is 10.7. The number of aromatic nitrogens is 1. The number of halogens is 1. The van der Waals surface area contributed by atoms with Gasteiger partial charge in [0.2, 0.25) is 5.89 Å². The number of benzene rings is 3. The number of carbonyl (C=O) groups is 1. The molecule has 0 aliphatic rings. The van der Waals surface area contributed by atoms with Gasteiger partial charge in [0.1, 0.15) is 5.52 Å². The molecule has 30 heavy (non-hydrogen) atoms. The molecule has 1 heterocycles. The minimum atomic E-state index is -0.249. The molecule has 0 radical (unpaired) electrons. The van der Waals surface area contributed by atoms with Gasteiger partial charge in [0, 0.05) is 14.8 Å². The molecular formula is C23H18IN3O2S. The Kier molecular flexibility index (Phi) is 5.83. The molecule has 0 fully saturated rings. The van der Waals surface area contributed by atoms with Gasteiger partial charge in [0.05, 0.1) is 5.56 Å². The van der Waals surface area contributed by atoms with Crippen molar-refractivity contribution in [2.24, 2.45) is 0 Å². The zero-order valence-corrected chi connectivity index (χ0v) is 19.3. The Hall–Kier alpha value is -2.78. The van der Waals surface area contributed by atoms with Crippen LogP contribution in [0.2, 0.25) is 0 Å². The number of oxazole rings is 1. The van der Waals surface area contributed by atoms with Gasteiger partial charge >= 0.3 is 0 Å². The molecule has 7 heteroatoms. The van der Waals surface area contributed by atoms with Crippen LogP contribution in [0.4, 0.5) is 5.69 Å². The zero-order valence-electron chi connectivity index (χ0n) is 16.3. The molecule has 2 N–H and O–H groups in total. The second-order valence-corrected chi connectivity index (χ2v) is 8.48. The van der Waals surface area contributed by atoms with Gasteiger partial charge < -0.3 is 9.73 Å². The molecule has 150 valence electrons. The van der Waals surface area contributed by atoms with Crippen LogP contribution in [0.15, 0.2) is 65.1 Å². The van der Waals surface area contributed by atoms with Crippen molar-refractivity contribution >= 4 is 62.6 Å². The Labute approximate surface area is 193 Å². The van der Waals surface area contributed by atoms with E-state index in [1.54, 1.807) is 6.07 Å². The third kappa shape index (κ3) is 4.36. The predicted octanol–water partition coefficient (Wildman–Crippen LogP) is 5.84. The number of anilines is 1. The van der Waals surface area contributed by atoms with Crippen LogP contribution in [0, 0.1) is 17.4 Å². The quantitative estimate of drug-likeness (QED) is 0.259. The number of amides is 1. The van der Waals surface area contributed by atoms with Crippen LogP contribution in [0.3, 0.4) is 0 Å². The van der Waals surface area contributed by atoms with E-state index in [0.29, 0.717) is 11.5 Å². The molecule has 4 rings (SSSR count). The molecule has 0 aliphatic heterocycles. The van der Waals surface area contributed by atoms with Gasteiger partial charge in [0.25, 0.3) is 5.91 Å². The monoisotopic (exact) mass is 527 g/mol. The Balaban J connectivity index is 1.55. The highest BCUT2D eigenvalue weighted by Crippen LogP contribution is 2.28. The number of nitrogens with one attached hydrogen (secondary N) is 2. The number of hydrogen-bond donors (Lipinski definition) is 2. The van der Waals surface area contributed by atoms with E-state index in [0.717, 1.165) is 37.0 Å². The second kappa shape index (κ2) is 8.53. The van der Waals surface area contributed by atoms with Crippen LogP contribution in [0.25, 0.3) is 22.6 Å². The van der Waals surface area contributed by atoms with Crippen LogP contribution in [-0.4, -0.2) is 16.0 Å². The van der Waals surface area contributed by atoms with E-state index in [2.05, 4.69) is 38.2 Å². The molecule has 0 bridgehead atoms. The molecule has 1 amide bonds. The predicted molar refractivity (Wildman–Crippen MR) is 132 cm³/mol. The summed E-state index contributed by atoms with van der Waals surface area (Å²) in [6.45, 7) is 3.99. The van der Waals surface area contributed by atoms with Crippen molar-refractivity contribution in [3.8, 4) is 11.5 Å². The molecule has 4 aromatic rings. The lowest BCUT2D eigenvalue weighted by Gasteiger charge is -2.13. The number of hydrogen-bond acceptors (Lipinski definition) is 4. The number of nitrogens with zero attached hydrogens (tertiary/aromatic N) is 1. The minimum Gasteiger partial charge on any atom is -0.436 e. The molecule has 0 aliphatic carbocycles. The molecule has 5 nitrogen and oxygen atoms in total. The van der Waals surface area contributed by atoms with Gasteiger partial charge in [-0.3, -0.25) is 10.1 Å². The number of carbonyl (C=O) groups excluding carboxylic acids is 1. The van der Waals surface area contributed by atoms with Crippen molar-refractivity contribution in [3.05, 3.63) is 80.9 Å². The highest BCUT2D eigenvalue weighted by atomic mass is 127. The van der Waals surface area contributed by atoms with Crippen LogP contribution in [0.5, 0.6) is 0 Å². The van der Waals surface area contributed by atoms with Crippen molar-refractivity contribution < 1.29 is 9.21 Å². The smallest absolute Gasteiger partial charge is 0.258 e. The van der Waals surface area contributed by atoms with E-state index in [1.807, 2.05) is 68.4 Å². The van der Waals surface area contributed by atoms with Crippen molar-refractivity contribution in [2.45, 2.75) is 13.8 Å². The summed E-state index contributed by atoms with van der Waals surface area (Å²) in [5.74, 6) is 0.285. The SMILES string of the molecule is Cc1ccc2oc(-c3ccc(C)c(NC(=S)NC(=O)c4ccccc4I)c3)nc2c1. The first-order chi connectivity index (χ1) is 14.4. The highest BCUT2D eigenvalue weighted by molar-refractivity contribution is 14.1. The molecule has 0 unspecified atom stereocenters. The Bertz CT molecular complexity index is 1280. The van der Waals surface area contributed by atoms with Gasteiger partial charge in [-0.1, -0.05) is 24.3 Å². The summed E-state index contributed by atoms with van der Waals surface area (Å²) in [5.41, 5.74) is 5.85. The van der Waals surface area contributed by atoms with E-state index in [9.17, 15) is 4.79 Å². The average molecular weight is 527 g/mol. The zero-order chi connectivity index (χ0) is 21.3. The third-order valence-electron chi connectivity index (χ3n) is 4.62. The first-order valence-electron chi connectivity index (χ1n) is 9.26. The molecule has 0 spiro atoms. The van der Waals surface area contributed by atoms with Gasteiger partial charge in [0.15, 0.2) is 10.7 Å². The molecule has 1 aromatic heterocycles. The molecule has 0 saturated heterocycles. The van der Waals surface area contributed by atoms with E-state index < -0.39 is 0 Å². The number of aryl methyl sites for hydroxylation is 2. The lowest BCUT2D eigenvalue weighted by atomic mass is 10.1. The fourth-order valence-corrected chi connectivity index (χ4v) is 3.85. The molecular weight excluding hydrogens is 509 g/mol. The van der Waals surface area contributed by atoms with E-state index in [1.165, 1.54) is 0 Å². The van der Waals surface area contributed by atoms with Crippen LogP contribution in [-0.2, 0) is 0 Å². The van der Waals surface area contributed by atoms with Crippen molar-refractivity contribution in [1.82, 2.24) is 10.3 Å². The molecule has 3 aromatic carbocycles. The third-order valence-corrected chi connectivity index (χ3v) is 5.77. The van der Waals surface area contributed by atoms with Gasteiger partial charge in [-0.15, -0.1) is 0 Å². The average Bonchev–Trinajstić information content (AvgIpc) is 3.13. The topological polar surface area (TPSA) is 67.2 Å². The van der Waals surface area contributed by atoms with Crippen LogP contribution < -0.4 is 10.6 Å². The largest absolute Gasteiger partial charge is 0.436 e. The minimum absolute atomic E-state index is 0.230. The molecule has 0 saturated carbocycles. The number of thiocarbonyl (C=S) groups is 1. The van der Waals surface area contributed by atoms with Crippen molar-refractivity contribution in [3.63, 3.8) is 0 Å². The summed E-state index contributed by atoms with van der Waals surface area (Å²) in [5, 5.41) is 6.08. The van der Waals surface area contributed by atoms with Crippen molar-refractivity contribution in [2.75, 3.05) is 5.32 Å². The summed E-state index contributed by atoms with van der Waals surface area (Å²) in [6, 6.07) is 19.1. The maximum Gasteiger partial charge on any atom is 0.258 e. The summed E-state index contributed by atoms with van der Waals surface area (Å²) in [7, 11) is 0. The maximum atomic E-state index is 12.5. The van der Waals surface area contributed by atoms with E-state index >= 15 is 0 Å². The van der Waals surface area contributed by atoms with Gasteiger partial charge in [-0.2, -0.15) is 0 Å². The Morgan fingerprint density at radius 2 is 1.87 bits per heavy atom. The summed E-state index contributed by atoms with van der Waals surface area (Å²) >= 11 is 7.49. The van der Waals surface area contributed by atoms with Crippen LogP contribution >= 0.6 is 34.8 Å². The lowest BCUT2D eigenvalue weighted by molar-refractivity contribution is 0.0977. The van der Waals surface area contributed by atoms with Gasteiger partial charge in [-0.25, -0.2) is 4.98 Å². The number of rotatable bonds is 3. The normalized spacial score (nSPS) is 10.8. The van der Waals surface area contributed by atoms with Crippen LogP contribution in [0.1, 0.15) is 21.5 Å². The Morgan fingerprint density at radius 3 is 2.67 bits per heavy atom. The molecule has 0 atom stereocenters. The first kappa shape index (κ1) is 20.5. The Morgan fingerprint density at radius 1 is 1.07 bits per heavy atom. The highest BCUT2D eigenvalue weighted by Gasteiger charge is 2.13. The summed E-state index contributed by atoms with van der Waals surface area (Å²) < 4.78 is 6.76. The van der Waals surface area contributed by atoms with E-state index in [-0.39, 0.29) is 11.0 Å². The lowest BCUT2D eigenvalue weighted by Crippen LogP contribution is -2.34. The fraction of sp³-hybridized carbons (Fsp3) is 0.0870. The summed E-state index contributed by atoms with van der Waals surface area (Å²) in [6.07, 6.45) is 0. The fourth-order valence-electron chi connectivity index (χ4n) is 3.02. The summed E-state index contributed by atoms with van der Waals surface area (Å²) in [4.78, 5) is 17.1. The van der Waals surface area contributed by atoms with Gasteiger partial charge in [-0.05, 0) is 96.2 Å². The van der Waals surface area contributed by atoms with E-state index in [4.69, 9.17) is 16.6 Å². The standard InChI is InChI=1S/C23H18IN3O2S/c1-13-7-10-20-19(11-13)25-22(29-20)15-9-8-14(2)18(12-15)26-23(30)27-21(28)16-5-3-4-6-17(16)24/h3-12H,1-2H3,(H2,26,27,28,30).